The highest BCUT2D eigenvalue weighted by Gasteiger charge is 2.30. The van der Waals surface area contributed by atoms with Gasteiger partial charge in [0.1, 0.15) is 10.8 Å². The number of primary amides is 1. The third kappa shape index (κ3) is 6.30. The number of thiazole rings is 1. The molecule has 0 spiro atoms. The third-order valence-electron chi connectivity index (χ3n) is 4.30. The smallest absolute Gasteiger partial charge is 0.370 e. The Kier molecular flexibility index (Phi) is 7.37. The number of amides is 1. The molecule has 2 heterocycles. The average molecular weight is 470 g/mol. The van der Waals surface area contributed by atoms with E-state index in [1.807, 2.05) is 9.95 Å². The summed E-state index contributed by atoms with van der Waals surface area (Å²) in [6, 6.07) is 4.99. The Bertz CT molecular complexity index is 1030. The molecule has 0 fully saturated rings. The molecule has 2 aromatic heterocycles. The number of thioether (sulfide) groups is 1. The zero-order valence-corrected chi connectivity index (χ0v) is 18.7. The van der Waals surface area contributed by atoms with Crippen LogP contribution in [0.15, 0.2) is 34.8 Å². The van der Waals surface area contributed by atoms with E-state index >= 15 is 0 Å². The molecule has 1 amide bonds. The summed E-state index contributed by atoms with van der Waals surface area (Å²) in [4.78, 5) is 15.6. The van der Waals surface area contributed by atoms with Crippen molar-refractivity contribution in [1.82, 2.24) is 19.7 Å². The van der Waals surface area contributed by atoms with E-state index in [1.54, 1.807) is 0 Å². The van der Waals surface area contributed by atoms with E-state index in [2.05, 4.69) is 29.0 Å². The van der Waals surface area contributed by atoms with Crippen LogP contribution in [0.3, 0.4) is 0 Å². The molecule has 1 aromatic carbocycles. The number of aryl methyl sites for hydroxylation is 1. The van der Waals surface area contributed by atoms with Crippen LogP contribution >= 0.6 is 23.1 Å². The summed E-state index contributed by atoms with van der Waals surface area (Å²) in [6.45, 7) is 4.89. The molecular weight excluding hydrogens is 447 g/mol. The number of carbonyl (C=O) groups excluding carboxylic acids is 1. The Balaban J connectivity index is 1.69. The van der Waals surface area contributed by atoms with Gasteiger partial charge in [-0.15, -0.1) is 21.5 Å². The quantitative estimate of drug-likeness (QED) is 0.456. The molecule has 0 aliphatic heterocycles. The van der Waals surface area contributed by atoms with Gasteiger partial charge >= 0.3 is 6.18 Å². The van der Waals surface area contributed by atoms with Gasteiger partial charge in [0.2, 0.25) is 5.91 Å². The van der Waals surface area contributed by atoms with E-state index in [9.17, 15) is 18.0 Å². The molecule has 0 saturated carbocycles. The fourth-order valence-electron chi connectivity index (χ4n) is 2.84. The Morgan fingerprint density at radius 2 is 1.94 bits per heavy atom. The van der Waals surface area contributed by atoms with Gasteiger partial charge in [0.15, 0.2) is 5.16 Å². The Morgan fingerprint density at radius 1 is 1.23 bits per heavy atom. The van der Waals surface area contributed by atoms with Gasteiger partial charge in [-0.2, -0.15) is 13.2 Å². The van der Waals surface area contributed by atoms with Gasteiger partial charge in [-0.3, -0.25) is 4.79 Å². The third-order valence-corrected chi connectivity index (χ3v) is 6.24. The zero-order chi connectivity index (χ0) is 22.6. The number of rotatable bonds is 9. The number of nitrogens with two attached hydrogens (primary N) is 1. The minimum Gasteiger partial charge on any atom is -0.370 e. The molecule has 3 aromatic rings. The topological polar surface area (TPSA) is 86.7 Å². The van der Waals surface area contributed by atoms with Gasteiger partial charge in [0.25, 0.3) is 0 Å². The minimum atomic E-state index is -4.36. The second kappa shape index (κ2) is 9.82. The van der Waals surface area contributed by atoms with Crippen molar-refractivity contribution < 1.29 is 18.0 Å². The first-order valence-electron chi connectivity index (χ1n) is 9.58. The van der Waals surface area contributed by atoms with Crippen LogP contribution in [-0.2, 0) is 29.7 Å². The molecule has 0 unspecified atom stereocenters. The molecular formula is C20H22F3N5OS2. The molecule has 31 heavy (non-hydrogen) atoms. The van der Waals surface area contributed by atoms with E-state index in [4.69, 9.17) is 5.73 Å². The summed E-state index contributed by atoms with van der Waals surface area (Å²) in [5.41, 5.74) is 6.02. The fraction of sp³-hybridized carbons (Fsp3) is 0.400. The number of nitrogens with zero attached hydrogens (tertiary/aromatic N) is 4. The van der Waals surface area contributed by atoms with E-state index in [-0.39, 0.29) is 12.3 Å². The molecule has 6 nitrogen and oxygen atoms in total. The van der Waals surface area contributed by atoms with E-state index in [0.29, 0.717) is 28.7 Å². The molecule has 0 bridgehead atoms. The highest BCUT2D eigenvalue weighted by Crippen LogP contribution is 2.32. The normalized spacial score (nSPS) is 11.9. The zero-order valence-electron chi connectivity index (χ0n) is 17.0. The maximum atomic E-state index is 12.7. The maximum Gasteiger partial charge on any atom is 0.416 e. The van der Waals surface area contributed by atoms with Crippen molar-refractivity contribution in [3.8, 4) is 10.6 Å². The molecule has 3 rings (SSSR count). The lowest BCUT2D eigenvalue weighted by atomic mass is 10.1. The second-order valence-electron chi connectivity index (χ2n) is 7.38. The van der Waals surface area contributed by atoms with Crippen LogP contribution in [0.5, 0.6) is 0 Å². The molecule has 11 heteroatoms. The summed E-state index contributed by atoms with van der Waals surface area (Å²) >= 11 is 2.86. The van der Waals surface area contributed by atoms with Crippen molar-refractivity contribution in [3.63, 3.8) is 0 Å². The largest absolute Gasteiger partial charge is 0.416 e. The van der Waals surface area contributed by atoms with Crippen LogP contribution in [0.25, 0.3) is 10.6 Å². The number of halogens is 3. The highest BCUT2D eigenvalue weighted by atomic mass is 32.2. The van der Waals surface area contributed by atoms with Gasteiger partial charge < -0.3 is 10.3 Å². The standard InChI is InChI=1S/C20H22F3N5OS2/c1-12(2)9-28-17(8-7-16(24)29)26-27-19(28)31-11-15-10-30-18(25-15)13-3-5-14(6-4-13)20(21,22)23/h3-6,10,12H,7-9,11H2,1-2H3,(H2,24,29). The molecule has 0 atom stereocenters. The molecule has 0 saturated heterocycles. The lowest BCUT2D eigenvalue weighted by Gasteiger charge is -2.11. The van der Waals surface area contributed by atoms with Gasteiger partial charge in [0, 0.05) is 36.1 Å². The summed E-state index contributed by atoms with van der Waals surface area (Å²) in [7, 11) is 0. The van der Waals surface area contributed by atoms with E-state index in [1.165, 1.54) is 35.2 Å². The van der Waals surface area contributed by atoms with Crippen molar-refractivity contribution in [3.05, 3.63) is 46.7 Å². The van der Waals surface area contributed by atoms with Crippen molar-refractivity contribution in [1.29, 1.82) is 0 Å². The predicted octanol–water partition coefficient (Wildman–Crippen LogP) is 4.79. The van der Waals surface area contributed by atoms with Gasteiger partial charge in [0.05, 0.1) is 11.3 Å². The van der Waals surface area contributed by atoms with Crippen LogP contribution in [0.4, 0.5) is 13.2 Å². The van der Waals surface area contributed by atoms with Crippen LogP contribution in [0.1, 0.15) is 37.4 Å². The van der Waals surface area contributed by atoms with E-state index in [0.717, 1.165) is 35.4 Å². The number of hydrogen-bond acceptors (Lipinski definition) is 6. The maximum absolute atomic E-state index is 12.7. The number of carbonyl (C=O) groups is 1. The van der Waals surface area contributed by atoms with Crippen molar-refractivity contribution in [2.75, 3.05) is 0 Å². The number of hydrogen-bond donors (Lipinski definition) is 1. The summed E-state index contributed by atoms with van der Waals surface area (Å²) in [5, 5.41) is 11.7. The molecule has 166 valence electrons. The Labute approximate surface area is 186 Å². The van der Waals surface area contributed by atoms with Crippen LogP contribution in [0, 0.1) is 5.92 Å². The first kappa shape index (κ1) is 23.3. The van der Waals surface area contributed by atoms with Crippen molar-refractivity contribution in [2.45, 2.75) is 50.3 Å². The number of alkyl halides is 3. The highest BCUT2D eigenvalue weighted by molar-refractivity contribution is 7.98. The SMILES string of the molecule is CC(C)Cn1c(CCC(N)=O)nnc1SCc1csc(-c2ccc(C(F)(F)F)cc2)n1. The lowest BCUT2D eigenvalue weighted by Crippen LogP contribution is -2.15. The fourth-order valence-corrected chi connectivity index (χ4v) is 4.63. The van der Waals surface area contributed by atoms with Gasteiger partial charge in [-0.1, -0.05) is 37.7 Å². The predicted molar refractivity (Wildman–Crippen MR) is 114 cm³/mol. The van der Waals surface area contributed by atoms with Crippen LogP contribution in [0.2, 0.25) is 0 Å². The first-order chi connectivity index (χ1) is 14.6. The molecule has 0 aliphatic rings. The summed E-state index contributed by atoms with van der Waals surface area (Å²) < 4.78 is 40.2. The lowest BCUT2D eigenvalue weighted by molar-refractivity contribution is -0.137. The average Bonchev–Trinajstić information content (AvgIpc) is 3.31. The van der Waals surface area contributed by atoms with Crippen LogP contribution in [-0.4, -0.2) is 25.7 Å². The van der Waals surface area contributed by atoms with Crippen LogP contribution < -0.4 is 5.73 Å². The molecule has 2 N–H and O–H groups in total. The number of benzene rings is 1. The minimum absolute atomic E-state index is 0.212. The summed E-state index contributed by atoms with van der Waals surface area (Å²) in [6.07, 6.45) is -3.71. The Morgan fingerprint density at radius 3 is 2.55 bits per heavy atom. The monoisotopic (exact) mass is 469 g/mol. The summed E-state index contributed by atoms with van der Waals surface area (Å²) in [5.74, 6) is 1.25. The van der Waals surface area contributed by atoms with Crippen molar-refractivity contribution >= 4 is 29.0 Å². The Hall–Kier alpha value is -2.40. The molecule has 0 aliphatic carbocycles. The van der Waals surface area contributed by atoms with Gasteiger partial charge in [-0.05, 0) is 18.1 Å². The van der Waals surface area contributed by atoms with Crippen molar-refractivity contribution in [2.24, 2.45) is 11.7 Å². The first-order valence-corrected chi connectivity index (χ1v) is 11.4. The van der Waals surface area contributed by atoms with Gasteiger partial charge in [-0.25, -0.2) is 4.98 Å². The molecule has 0 radical (unpaired) electrons. The number of aromatic nitrogens is 4. The van der Waals surface area contributed by atoms with E-state index < -0.39 is 11.7 Å². The second-order valence-corrected chi connectivity index (χ2v) is 9.18.